The molecule has 3 nitrogen and oxygen atoms in total. The fourth-order valence-corrected chi connectivity index (χ4v) is 1.63. The van der Waals surface area contributed by atoms with Crippen LogP contribution in [0.2, 0.25) is 0 Å². The summed E-state index contributed by atoms with van der Waals surface area (Å²) in [4.78, 5) is 14.6. The summed E-state index contributed by atoms with van der Waals surface area (Å²) in [6.45, 7) is -0.911. The van der Waals surface area contributed by atoms with Gasteiger partial charge in [0.15, 0.2) is 0 Å². The van der Waals surface area contributed by atoms with Crippen LogP contribution in [0.15, 0.2) is 24.5 Å². The Morgan fingerprint density at radius 2 is 1.50 bits per heavy atom. The van der Waals surface area contributed by atoms with Gasteiger partial charge in [-0.2, -0.15) is 43.9 Å². The van der Waals surface area contributed by atoms with Crippen LogP contribution in [0.3, 0.4) is 0 Å². The number of amides is 1. The number of nitrogens with one attached hydrogen (secondary N) is 1. The van der Waals surface area contributed by atoms with Gasteiger partial charge in [0.05, 0.1) is 0 Å². The van der Waals surface area contributed by atoms with E-state index in [1.54, 1.807) is 0 Å². The summed E-state index contributed by atoms with van der Waals surface area (Å²) < 4.78 is 130. The molecule has 26 heavy (non-hydrogen) atoms. The molecule has 1 aromatic heterocycles. The van der Waals surface area contributed by atoms with Gasteiger partial charge in [0.2, 0.25) is 0 Å². The number of alkyl halides is 11. The van der Waals surface area contributed by atoms with Gasteiger partial charge < -0.3 is 5.32 Å². The van der Waals surface area contributed by atoms with Crippen LogP contribution in [0.5, 0.6) is 0 Å². The highest BCUT2D eigenvalue weighted by Gasteiger charge is 2.87. The molecule has 0 aliphatic rings. The van der Waals surface area contributed by atoms with Gasteiger partial charge in [-0.1, -0.05) is 6.07 Å². The zero-order valence-electron chi connectivity index (χ0n) is 12.0. The van der Waals surface area contributed by atoms with Crippen molar-refractivity contribution in [1.29, 1.82) is 0 Å². The first-order valence-electron chi connectivity index (χ1n) is 6.25. The number of hydrogen-bond acceptors (Lipinski definition) is 2. The van der Waals surface area contributed by atoms with Crippen molar-refractivity contribution in [3.05, 3.63) is 30.1 Å². The number of halogens is 11. The SMILES string of the molecule is O=C(NCc1cccnc1)C(F)(F)C(F)(F)C(F)(F)C(F)(F)C(F)(F)Cl. The van der Waals surface area contributed by atoms with Gasteiger partial charge in [-0.15, -0.1) is 0 Å². The molecule has 1 heterocycles. The minimum atomic E-state index is -7.37. The van der Waals surface area contributed by atoms with Crippen LogP contribution in [0.1, 0.15) is 5.56 Å². The highest BCUT2D eigenvalue weighted by atomic mass is 35.5. The van der Waals surface area contributed by atoms with E-state index in [0.29, 0.717) is 0 Å². The van der Waals surface area contributed by atoms with E-state index < -0.39 is 41.5 Å². The Morgan fingerprint density at radius 3 is 1.92 bits per heavy atom. The van der Waals surface area contributed by atoms with Gasteiger partial charge in [-0.3, -0.25) is 9.78 Å². The molecule has 0 atom stereocenters. The molecule has 0 aromatic carbocycles. The van der Waals surface area contributed by atoms with Gasteiger partial charge in [-0.05, 0) is 23.2 Å². The van der Waals surface area contributed by atoms with E-state index in [9.17, 15) is 48.7 Å². The van der Waals surface area contributed by atoms with Gasteiger partial charge >= 0.3 is 29.1 Å². The predicted octanol–water partition coefficient (Wildman–Crippen LogP) is 4.07. The first-order valence-corrected chi connectivity index (χ1v) is 6.63. The molecule has 1 N–H and O–H groups in total. The van der Waals surface area contributed by atoms with Gasteiger partial charge in [0.25, 0.3) is 5.91 Å². The number of carbonyl (C=O) groups excluding carboxylic acids is 1. The molecule has 0 saturated carbocycles. The summed E-state index contributed by atoms with van der Waals surface area (Å²) >= 11 is 3.64. The molecule has 0 spiro atoms. The molecule has 1 aromatic rings. The Hall–Kier alpha value is -1.79. The highest BCUT2D eigenvalue weighted by molar-refractivity contribution is 6.22. The average Bonchev–Trinajstić information content (AvgIpc) is 2.51. The Labute approximate surface area is 143 Å². The number of rotatable bonds is 7. The van der Waals surface area contributed by atoms with E-state index in [1.165, 1.54) is 18.3 Å². The number of nitrogens with zero attached hydrogens (tertiary/aromatic N) is 1. The predicted molar refractivity (Wildman–Crippen MR) is 66.7 cm³/mol. The zero-order valence-corrected chi connectivity index (χ0v) is 12.8. The third-order valence-corrected chi connectivity index (χ3v) is 3.24. The zero-order chi connectivity index (χ0) is 20.6. The molecule has 0 bridgehead atoms. The first kappa shape index (κ1) is 22.3. The van der Waals surface area contributed by atoms with E-state index in [0.717, 1.165) is 11.5 Å². The summed E-state index contributed by atoms with van der Waals surface area (Å²) in [6.07, 6.45) is 2.19. The Kier molecular flexibility index (Phi) is 5.77. The van der Waals surface area contributed by atoms with E-state index in [1.807, 2.05) is 0 Å². The Morgan fingerprint density at radius 1 is 0.962 bits per heavy atom. The van der Waals surface area contributed by atoms with Crippen molar-refractivity contribution in [2.45, 2.75) is 35.6 Å². The molecule has 148 valence electrons. The van der Waals surface area contributed by atoms with Crippen molar-refractivity contribution in [1.82, 2.24) is 10.3 Å². The maximum Gasteiger partial charge on any atom is 0.393 e. The highest BCUT2D eigenvalue weighted by Crippen LogP contribution is 2.57. The molecule has 0 unspecified atom stereocenters. The Bertz CT molecular complexity index is 647. The summed E-state index contributed by atoms with van der Waals surface area (Å²) in [5.41, 5.74) is -0.0376. The van der Waals surface area contributed by atoms with Gasteiger partial charge in [0, 0.05) is 18.9 Å². The van der Waals surface area contributed by atoms with Crippen molar-refractivity contribution in [2.75, 3.05) is 0 Å². The lowest BCUT2D eigenvalue weighted by molar-refractivity contribution is -0.382. The lowest BCUT2D eigenvalue weighted by Crippen LogP contribution is -2.69. The number of hydrogen-bond donors (Lipinski definition) is 1. The van der Waals surface area contributed by atoms with Crippen molar-refractivity contribution >= 4 is 17.5 Å². The van der Waals surface area contributed by atoms with Gasteiger partial charge in [-0.25, -0.2) is 0 Å². The number of aromatic nitrogens is 1. The average molecular weight is 421 g/mol. The van der Waals surface area contributed by atoms with E-state index >= 15 is 0 Å². The van der Waals surface area contributed by atoms with Crippen molar-refractivity contribution in [2.24, 2.45) is 0 Å². The third kappa shape index (κ3) is 3.53. The second kappa shape index (κ2) is 6.74. The smallest absolute Gasteiger partial charge is 0.347 e. The number of carbonyl (C=O) groups is 1. The summed E-state index contributed by atoms with van der Waals surface area (Å²) in [5, 5.41) is -5.20. The van der Waals surface area contributed by atoms with E-state index in [2.05, 4.69) is 16.6 Å². The fourth-order valence-electron chi connectivity index (χ4n) is 1.51. The van der Waals surface area contributed by atoms with E-state index in [4.69, 9.17) is 0 Å². The summed E-state index contributed by atoms with van der Waals surface area (Å²) in [5.74, 6) is -31.3. The van der Waals surface area contributed by atoms with E-state index in [-0.39, 0.29) is 5.56 Å². The molecule has 0 fully saturated rings. The molecule has 0 radical (unpaired) electrons. The summed E-state index contributed by atoms with van der Waals surface area (Å²) in [7, 11) is 0. The molecule has 0 aliphatic carbocycles. The molecule has 14 heteroatoms. The van der Waals surface area contributed by atoms with Crippen LogP contribution < -0.4 is 5.32 Å². The standard InChI is InChI=1S/C12H7ClF10N2O/c13-12(22,23)11(20,21)10(18,19)9(16,17)8(14,15)7(26)25-5-6-2-1-3-24-4-6/h1-4H,5H2,(H,25,26). The maximum atomic E-state index is 13.4. The van der Waals surface area contributed by atoms with Crippen LogP contribution in [0.4, 0.5) is 43.9 Å². The largest absolute Gasteiger partial charge is 0.393 e. The van der Waals surface area contributed by atoms with Crippen LogP contribution >= 0.6 is 11.6 Å². The molecular weight excluding hydrogens is 414 g/mol. The first-order chi connectivity index (χ1) is 11.5. The quantitative estimate of drug-likeness (QED) is 0.534. The van der Waals surface area contributed by atoms with Crippen molar-refractivity contribution in [3.63, 3.8) is 0 Å². The topological polar surface area (TPSA) is 42.0 Å². The van der Waals surface area contributed by atoms with Gasteiger partial charge in [0.1, 0.15) is 0 Å². The normalized spacial score (nSPS) is 14.3. The third-order valence-electron chi connectivity index (χ3n) is 3.00. The minimum absolute atomic E-state index is 0.0376. The molecule has 0 saturated heterocycles. The second-order valence-electron chi connectivity index (χ2n) is 4.84. The fraction of sp³-hybridized carbons (Fsp3) is 0.500. The maximum absolute atomic E-state index is 13.4. The van der Waals surface area contributed by atoms with Crippen LogP contribution in [-0.2, 0) is 11.3 Å². The lowest BCUT2D eigenvalue weighted by Gasteiger charge is -2.37. The van der Waals surface area contributed by atoms with Crippen LogP contribution in [0, 0.1) is 0 Å². The monoisotopic (exact) mass is 420 g/mol. The van der Waals surface area contributed by atoms with Crippen molar-refractivity contribution < 1.29 is 48.7 Å². The molecule has 0 aliphatic heterocycles. The molecule has 1 amide bonds. The minimum Gasteiger partial charge on any atom is -0.347 e. The van der Waals surface area contributed by atoms with Crippen LogP contribution in [0.25, 0.3) is 0 Å². The van der Waals surface area contributed by atoms with Crippen molar-refractivity contribution in [3.8, 4) is 0 Å². The second-order valence-corrected chi connectivity index (χ2v) is 5.31. The summed E-state index contributed by atoms with van der Waals surface area (Å²) in [6, 6.07) is 2.41. The Balaban J connectivity index is 3.12. The molecule has 1 rings (SSSR count). The van der Waals surface area contributed by atoms with Crippen LogP contribution in [-0.4, -0.2) is 40.0 Å². The molecular formula is C12H7ClF10N2O. The lowest BCUT2D eigenvalue weighted by atomic mass is 9.98. The number of pyridine rings is 1.